The van der Waals surface area contributed by atoms with Crippen molar-refractivity contribution >= 4 is 28.4 Å². The highest BCUT2D eigenvalue weighted by Crippen LogP contribution is 2.35. The number of para-hydroxylation sites is 1. The van der Waals surface area contributed by atoms with E-state index in [4.69, 9.17) is 25.8 Å². The molecule has 0 spiro atoms. The lowest BCUT2D eigenvalue weighted by atomic mass is 10.1. The number of aromatic nitrogens is 1. The van der Waals surface area contributed by atoms with Crippen molar-refractivity contribution in [3.05, 3.63) is 52.7 Å². The van der Waals surface area contributed by atoms with Crippen molar-refractivity contribution in [3.8, 4) is 17.2 Å². The Labute approximate surface area is 162 Å². The van der Waals surface area contributed by atoms with Gasteiger partial charge >= 0.3 is 0 Å². The fraction of sp³-hybridized carbons (Fsp3) is 0.250. The number of nitrogens with one attached hydrogen (secondary N) is 1. The number of amides is 1. The highest BCUT2D eigenvalue weighted by atomic mass is 35.5. The van der Waals surface area contributed by atoms with E-state index in [1.54, 1.807) is 38.0 Å². The lowest BCUT2D eigenvalue weighted by molar-refractivity contribution is 0.0943. The molecule has 3 aromatic rings. The van der Waals surface area contributed by atoms with Gasteiger partial charge < -0.3 is 24.1 Å². The molecule has 0 aliphatic heterocycles. The van der Waals surface area contributed by atoms with Crippen molar-refractivity contribution in [3.63, 3.8) is 0 Å². The fourth-order valence-corrected chi connectivity index (χ4v) is 3.46. The maximum absolute atomic E-state index is 12.8. The van der Waals surface area contributed by atoms with Gasteiger partial charge in [0, 0.05) is 36.1 Å². The van der Waals surface area contributed by atoms with E-state index in [1.807, 2.05) is 31.3 Å². The van der Waals surface area contributed by atoms with E-state index >= 15 is 0 Å². The molecule has 1 heterocycles. The molecule has 1 amide bonds. The zero-order valence-corrected chi connectivity index (χ0v) is 16.4. The molecule has 6 nitrogen and oxygen atoms in total. The summed E-state index contributed by atoms with van der Waals surface area (Å²) in [7, 11) is 6.50. The predicted octanol–water partition coefficient (Wildman–Crippen LogP) is 3.79. The monoisotopic (exact) mass is 388 g/mol. The number of carbonyl (C=O) groups is 1. The number of aryl methyl sites for hydroxylation is 1. The third kappa shape index (κ3) is 3.40. The normalized spacial score (nSPS) is 10.7. The smallest absolute Gasteiger partial charge is 0.269 e. The molecule has 27 heavy (non-hydrogen) atoms. The van der Waals surface area contributed by atoms with Crippen LogP contribution in [0.2, 0.25) is 5.02 Å². The maximum Gasteiger partial charge on any atom is 0.269 e. The molecule has 142 valence electrons. The summed E-state index contributed by atoms with van der Waals surface area (Å²) in [6, 6.07) is 11.1. The van der Waals surface area contributed by atoms with Gasteiger partial charge in [0.1, 0.15) is 11.4 Å². The molecule has 7 heteroatoms. The van der Waals surface area contributed by atoms with E-state index in [-0.39, 0.29) is 12.5 Å². The molecule has 0 aliphatic carbocycles. The zero-order chi connectivity index (χ0) is 19.6. The van der Waals surface area contributed by atoms with E-state index in [9.17, 15) is 4.79 Å². The second-order valence-electron chi connectivity index (χ2n) is 5.94. The van der Waals surface area contributed by atoms with Crippen LogP contribution in [0.3, 0.4) is 0 Å². The number of halogens is 1. The van der Waals surface area contributed by atoms with Gasteiger partial charge in [-0.05, 0) is 12.1 Å². The first-order chi connectivity index (χ1) is 13.0. The van der Waals surface area contributed by atoms with Crippen LogP contribution in [0.25, 0.3) is 10.9 Å². The average molecular weight is 389 g/mol. The topological polar surface area (TPSA) is 61.7 Å². The third-order valence-electron chi connectivity index (χ3n) is 4.49. The summed E-state index contributed by atoms with van der Waals surface area (Å²) < 4.78 is 17.8. The molecule has 0 unspecified atom stereocenters. The van der Waals surface area contributed by atoms with Crippen LogP contribution in [0.4, 0.5) is 0 Å². The number of benzene rings is 2. The summed E-state index contributed by atoms with van der Waals surface area (Å²) >= 11 is 6.44. The van der Waals surface area contributed by atoms with E-state index in [1.165, 1.54) is 0 Å². The number of ether oxygens (including phenoxy) is 3. The van der Waals surface area contributed by atoms with E-state index in [0.717, 1.165) is 16.5 Å². The number of rotatable bonds is 6. The zero-order valence-electron chi connectivity index (χ0n) is 15.6. The Kier molecular flexibility index (Phi) is 5.46. The summed E-state index contributed by atoms with van der Waals surface area (Å²) in [5.74, 6) is 1.44. The van der Waals surface area contributed by atoms with Crippen LogP contribution in [0.15, 0.2) is 36.4 Å². The van der Waals surface area contributed by atoms with Gasteiger partial charge in [0.05, 0.1) is 26.4 Å². The Morgan fingerprint density at radius 3 is 2.30 bits per heavy atom. The van der Waals surface area contributed by atoms with Gasteiger partial charge in [-0.2, -0.15) is 0 Å². The lowest BCUT2D eigenvalue weighted by Crippen LogP contribution is -2.25. The van der Waals surface area contributed by atoms with Crippen LogP contribution in [0, 0.1) is 0 Å². The lowest BCUT2D eigenvalue weighted by Gasteiger charge is -2.15. The van der Waals surface area contributed by atoms with Gasteiger partial charge in [0.2, 0.25) is 0 Å². The minimum atomic E-state index is -0.268. The predicted molar refractivity (Wildman–Crippen MR) is 105 cm³/mol. The van der Waals surface area contributed by atoms with Crippen molar-refractivity contribution in [2.45, 2.75) is 6.54 Å². The van der Waals surface area contributed by atoms with Gasteiger partial charge in [0.25, 0.3) is 5.91 Å². The minimum absolute atomic E-state index is 0.250. The number of fused-ring (bicyclic) bond motifs is 1. The molecule has 1 aromatic heterocycles. The maximum atomic E-state index is 12.8. The largest absolute Gasteiger partial charge is 0.496 e. The number of hydrogen-bond acceptors (Lipinski definition) is 4. The third-order valence-corrected chi connectivity index (χ3v) is 4.87. The summed E-state index contributed by atoms with van der Waals surface area (Å²) in [5, 5.41) is 4.18. The summed E-state index contributed by atoms with van der Waals surface area (Å²) in [6.07, 6.45) is 0. The van der Waals surface area contributed by atoms with Crippen LogP contribution in [0.1, 0.15) is 16.1 Å². The molecular weight excluding hydrogens is 368 g/mol. The first-order valence-corrected chi connectivity index (χ1v) is 8.69. The molecule has 0 atom stereocenters. The Morgan fingerprint density at radius 1 is 1.04 bits per heavy atom. The molecule has 1 N–H and O–H groups in total. The van der Waals surface area contributed by atoms with E-state index < -0.39 is 0 Å². The first-order valence-electron chi connectivity index (χ1n) is 8.31. The number of carbonyl (C=O) groups excluding carboxylic acids is 1. The van der Waals surface area contributed by atoms with Crippen molar-refractivity contribution in [2.24, 2.45) is 7.05 Å². The quantitative estimate of drug-likeness (QED) is 0.698. The van der Waals surface area contributed by atoms with Crippen molar-refractivity contribution in [2.75, 3.05) is 21.3 Å². The summed E-state index contributed by atoms with van der Waals surface area (Å²) in [4.78, 5) is 12.8. The van der Waals surface area contributed by atoms with Gasteiger partial charge in [-0.15, -0.1) is 0 Å². The SMILES string of the molecule is COc1cc(OC)c(OC)cc1CNC(=O)c1c(Cl)c2ccccc2n1C. The molecule has 0 bridgehead atoms. The number of nitrogens with zero attached hydrogens (tertiary/aromatic N) is 1. The number of hydrogen-bond donors (Lipinski definition) is 1. The van der Waals surface area contributed by atoms with Crippen molar-refractivity contribution < 1.29 is 19.0 Å². The second-order valence-corrected chi connectivity index (χ2v) is 6.32. The Balaban J connectivity index is 1.88. The van der Waals surface area contributed by atoms with Gasteiger partial charge in [-0.25, -0.2) is 0 Å². The van der Waals surface area contributed by atoms with Crippen molar-refractivity contribution in [1.82, 2.24) is 9.88 Å². The van der Waals surface area contributed by atoms with E-state index in [0.29, 0.717) is 28.0 Å². The standard InChI is InChI=1S/C20H21ClN2O4/c1-23-14-8-6-5-7-13(14)18(21)19(23)20(24)22-11-12-9-16(26-3)17(27-4)10-15(12)25-2/h5-10H,11H2,1-4H3,(H,22,24). The van der Waals surface area contributed by atoms with Crippen LogP contribution in [-0.2, 0) is 13.6 Å². The van der Waals surface area contributed by atoms with Crippen LogP contribution >= 0.6 is 11.6 Å². The Morgan fingerprint density at radius 2 is 1.67 bits per heavy atom. The highest BCUT2D eigenvalue weighted by Gasteiger charge is 2.20. The molecule has 0 saturated carbocycles. The molecule has 3 rings (SSSR count). The first kappa shape index (κ1) is 18.9. The average Bonchev–Trinajstić information content (AvgIpc) is 2.96. The van der Waals surface area contributed by atoms with Crippen LogP contribution in [-0.4, -0.2) is 31.8 Å². The summed E-state index contributed by atoms with van der Waals surface area (Å²) in [5.41, 5.74) is 2.08. The van der Waals surface area contributed by atoms with Gasteiger partial charge in [-0.1, -0.05) is 29.8 Å². The number of methoxy groups -OCH3 is 3. The van der Waals surface area contributed by atoms with Crippen molar-refractivity contribution in [1.29, 1.82) is 0 Å². The minimum Gasteiger partial charge on any atom is -0.496 e. The molecular formula is C20H21ClN2O4. The van der Waals surface area contributed by atoms with Crippen LogP contribution in [0.5, 0.6) is 17.2 Å². The molecule has 0 radical (unpaired) electrons. The molecule has 2 aromatic carbocycles. The Bertz CT molecular complexity index is 958. The highest BCUT2D eigenvalue weighted by molar-refractivity contribution is 6.38. The fourth-order valence-electron chi connectivity index (χ4n) is 3.09. The summed E-state index contributed by atoms with van der Waals surface area (Å²) in [6.45, 7) is 0.250. The molecule has 0 fully saturated rings. The second kappa shape index (κ2) is 7.80. The molecule has 0 aliphatic rings. The van der Waals surface area contributed by atoms with Gasteiger partial charge in [0.15, 0.2) is 11.5 Å². The van der Waals surface area contributed by atoms with E-state index in [2.05, 4.69) is 5.32 Å². The van der Waals surface area contributed by atoms with Crippen LogP contribution < -0.4 is 19.5 Å². The molecule has 0 saturated heterocycles. The Hall–Kier alpha value is -2.86. The van der Waals surface area contributed by atoms with Gasteiger partial charge in [-0.3, -0.25) is 4.79 Å².